The summed E-state index contributed by atoms with van der Waals surface area (Å²) in [5.74, 6) is 0.490. The zero-order chi connectivity index (χ0) is 26.3. The van der Waals surface area contributed by atoms with Crippen LogP contribution in [0.15, 0.2) is 103 Å². The molecule has 3 atom stereocenters. The van der Waals surface area contributed by atoms with Gasteiger partial charge in [0.2, 0.25) is 0 Å². The fourth-order valence-corrected chi connectivity index (χ4v) is 8.35. The van der Waals surface area contributed by atoms with Crippen LogP contribution in [0.25, 0.3) is 11.1 Å². The second-order valence-corrected chi connectivity index (χ2v) is 13.7. The van der Waals surface area contributed by atoms with Crippen molar-refractivity contribution < 1.29 is 22.4 Å². The molecule has 4 aromatic rings. The zero-order valence-corrected chi connectivity index (χ0v) is 23.2. The van der Waals surface area contributed by atoms with Gasteiger partial charge in [0, 0.05) is 0 Å². The molecule has 7 heteroatoms. The van der Waals surface area contributed by atoms with Gasteiger partial charge in [-0.05, 0) is 6.92 Å². The molecule has 192 valence electrons. The van der Waals surface area contributed by atoms with Gasteiger partial charge in [0.15, 0.2) is 0 Å². The molecule has 1 fully saturated rings. The molecule has 0 aliphatic carbocycles. The molecule has 2 bridgehead atoms. The van der Waals surface area contributed by atoms with Gasteiger partial charge in [0.25, 0.3) is 0 Å². The molecule has 3 unspecified atom stereocenters. The molecule has 0 radical (unpaired) electrons. The molecule has 2 heterocycles. The number of ether oxygens (including phenoxy) is 1. The predicted molar refractivity (Wildman–Crippen MR) is 151 cm³/mol. The van der Waals surface area contributed by atoms with Crippen LogP contribution in [0, 0.1) is 6.92 Å². The second kappa shape index (κ2) is 10.1. The second-order valence-electron chi connectivity index (χ2n) is 9.53. The molecule has 0 aromatic heterocycles. The number of hydrogen-bond acceptors (Lipinski definition) is 5. The summed E-state index contributed by atoms with van der Waals surface area (Å²) in [6.07, 6.45) is -0.717. The topological polar surface area (TPSA) is 72.8 Å². The van der Waals surface area contributed by atoms with E-state index in [0.29, 0.717) is 12.2 Å². The van der Waals surface area contributed by atoms with Gasteiger partial charge < -0.3 is 0 Å². The zero-order valence-electron chi connectivity index (χ0n) is 20.7. The van der Waals surface area contributed by atoms with E-state index in [0.717, 1.165) is 27.8 Å². The number of fused-ring (bicyclic) bond motifs is 2. The van der Waals surface area contributed by atoms with Crippen LogP contribution >= 0.6 is 0 Å². The van der Waals surface area contributed by atoms with Gasteiger partial charge in [-0.15, -0.1) is 0 Å². The van der Waals surface area contributed by atoms with Crippen molar-refractivity contribution in [3.8, 4) is 11.5 Å². The summed E-state index contributed by atoms with van der Waals surface area (Å²) in [6, 6.07) is 32.8. The van der Waals surface area contributed by atoms with E-state index in [-0.39, 0.29) is 26.8 Å². The van der Waals surface area contributed by atoms with Crippen molar-refractivity contribution >= 4 is 45.1 Å². The molecule has 4 aromatic carbocycles. The normalized spacial score (nSPS) is 20.6. The first-order valence-electron chi connectivity index (χ1n) is 12.4. The first kappa shape index (κ1) is 25.0. The van der Waals surface area contributed by atoms with Crippen molar-refractivity contribution in [2.75, 3.05) is 0 Å². The molecular weight excluding hydrogens is 563 g/mol. The summed E-state index contributed by atoms with van der Waals surface area (Å²) in [4.78, 5) is 0. The Kier molecular flexibility index (Phi) is 6.62. The van der Waals surface area contributed by atoms with Crippen molar-refractivity contribution in [2.24, 2.45) is 0 Å². The van der Waals surface area contributed by atoms with Gasteiger partial charge in [0.1, 0.15) is 0 Å². The van der Waals surface area contributed by atoms with Crippen LogP contribution in [0.4, 0.5) is 0 Å². The summed E-state index contributed by atoms with van der Waals surface area (Å²) < 4.78 is 41.4. The van der Waals surface area contributed by atoms with Crippen LogP contribution in [0.1, 0.15) is 23.1 Å². The van der Waals surface area contributed by atoms with Crippen molar-refractivity contribution in [1.29, 1.82) is 0 Å². The quantitative estimate of drug-likeness (QED) is 0.258. The van der Waals surface area contributed by atoms with E-state index in [1.165, 1.54) is 8.92 Å². The number of aryl methyl sites for hydroxylation is 1. The predicted octanol–water partition coefficient (Wildman–Crippen LogP) is 4.21. The summed E-state index contributed by atoms with van der Waals surface area (Å²) in [6.45, 7) is 1.90. The average molecular weight is 590 g/mol. The van der Waals surface area contributed by atoms with Gasteiger partial charge >= 0.3 is 217 Å². The Morgan fingerprint density at radius 1 is 0.816 bits per heavy atom. The maximum atomic E-state index is 13.5. The number of phenols is 1. The van der Waals surface area contributed by atoms with Crippen LogP contribution in [0.3, 0.4) is 0 Å². The summed E-state index contributed by atoms with van der Waals surface area (Å²) in [5.41, 5.74) is 4.61. The van der Waals surface area contributed by atoms with E-state index in [1.54, 1.807) is 30.3 Å². The Hall–Kier alpha value is -3.35. The minimum absolute atomic E-state index is 0.173. The van der Waals surface area contributed by atoms with Crippen LogP contribution < -0.4 is 13.1 Å². The van der Waals surface area contributed by atoms with E-state index in [2.05, 4.69) is 36.4 Å². The van der Waals surface area contributed by atoms with Crippen LogP contribution in [0.2, 0.25) is 0 Å². The van der Waals surface area contributed by atoms with Crippen molar-refractivity contribution in [3.63, 3.8) is 0 Å². The van der Waals surface area contributed by atoms with Crippen LogP contribution in [0.5, 0.6) is 11.5 Å². The molecular formula is C31H26O5SSe. The van der Waals surface area contributed by atoms with E-state index >= 15 is 0 Å². The van der Waals surface area contributed by atoms with Gasteiger partial charge in [-0.2, -0.15) is 0 Å². The summed E-state index contributed by atoms with van der Waals surface area (Å²) >= 11 is 0.173. The van der Waals surface area contributed by atoms with E-state index < -0.39 is 21.5 Å². The third kappa shape index (κ3) is 4.91. The number of aromatic hydroxyl groups is 1. The van der Waals surface area contributed by atoms with E-state index in [4.69, 9.17) is 8.92 Å². The number of benzene rings is 4. The van der Waals surface area contributed by atoms with Gasteiger partial charge in [-0.3, -0.25) is 0 Å². The average Bonchev–Trinajstić information content (AvgIpc) is 3.50. The molecule has 1 saturated heterocycles. The maximum absolute atomic E-state index is 13.5. The first-order valence-corrected chi connectivity index (χ1v) is 15.6. The Morgan fingerprint density at radius 3 is 2.18 bits per heavy atom. The Bertz CT molecular complexity index is 1600. The van der Waals surface area contributed by atoms with E-state index in [9.17, 15) is 13.5 Å². The summed E-state index contributed by atoms with van der Waals surface area (Å²) in [7, 11) is -3.96. The van der Waals surface area contributed by atoms with Gasteiger partial charge in [-0.1, -0.05) is 6.07 Å². The number of rotatable bonds is 7. The van der Waals surface area contributed by atoms with Crippen molar-refractivity contribution in [1.82, 2.24) is 0 Å². The van der Waals surface area contributed by atoms with Gasteiger partial charge in [-0.25, -0.2) is 0 Å². The Labute approximate surface area is 229 Å². The molecule has 5 nitrogen and oxygen atoms in total. The monoisotopic (exact) mass is 590 g/mol. The molecule has 2 aliphatic rings. The number of hydrogen-bond donors (Lipinski definition) is 1. The molecule has 38 heavy (non-hydrogen) atoms. The molecule has 2 aliphatic heterocycles. The van der Waals surface area contributed by atoms with Crippen LogP contribution in [-0.4, -0.2) is 45.9 Å². The molecule has 6 rings (SSSR count). The van der Waals surface area contributed by atoms with Crippen molar-refractivity contribution in [3.05, 3.63) is 120 Å². The third-order valence-electron chi connectivity index (χ3n) is 6.89. The van der Waals surface area contributed by atoms with Crippen molar-refractivity contribution in [2.45, 2.75) is 30.8 Å². The fourth-order valence-electron chi connectivity index (χ4n) is 5.18. The Balaban J connectivity index is 1.36. The fraction of sp³-hybridized carbons (Fsp3) is 0.161. The molecule has 0 spiro atoms. The van der Waals surface area contributed by atoms with Gasteiger partial charge in [0.05, 0.1) is 0 Å². The first-order chi connectivity index (χ1) is 18.4. The standard InChI is InChI=1S/C31H26O5SSe/c1-20-6-5-7-24(18-20)36-37(33,34)28-19-27-29(21-10-14-23(32)15-11-21)30(31(28)35-27)22-12-16-26(17-13-22)38-25-8-3-2-4-9-25/h2-18,27-28,31-32H,19H2,1H3. The molecule has 0 saturated carbocycles. The Morgan fingerprint density at radius 2 is 1.47 bits per heavy atom. The third-order valence-corrected chi connectivity index (χ3v) is 10.6. The minimum atomic E-state index is -3.96. The SMILES string of the molecule is Cc1cccc(OS(=O)(=O)C2CC3OC2C(c2ccc([Se]c4ccccc4)cc2)=C3c2ccc(O)cc2)c1. The van der Waals surface area contributed by atoms with E-state index in [1.807, 2.05) is 43.3 Å². The molecule has 1 N–H and O–H groups in total. The molecule has 0 amide bonds. The number of phenolic OH excluding ortho intramolecular Hbond substituents is 1. The van der Waals surface area contributed by atoms with Crippen LogP contribution in [-0.2, 0) is 14.9 Å². The summed E-state index contributed by atoms with van der Waals surface area (Å²) in [5, 5.41) is 9.01.